The van der Waals surface area contributed by atoms with E-state index in [1.807, 2.05) is 12.1 Å². The van der Waals surface area contributed by atoms with Gasteiger partial charge in [0, 0.05) is 0 Å². The third-order valence-electron chi connectivity index (χ3n) is 8.55. The van der Waals surface area contributed by atoms with E-state index in [0.717, 1.165) is 18.4 Å². The summed E-state index contributed by atoms with van der Waals surface area (Å²) >= 11 is 0. The Bertz CT molecular complexity index is 722. The first-order valence-electron chi connectivity index (χ1n) is 15.9. The van der Waals surface area contributed by atoms with Crippen molar-refractivity contribution in [2.75, 3.05) is 6.61 Å². The van der Waals surface area contributed by atoms with Gasteiger partial charge in [0.2, 0.25) is 0 Å². The maximum absolute atomic E-state index is 13.7. The second-order valence-corrected chi connectivity index (χ2v) is 13.7. The average Bonchev–Trinajstić information content (AvgIpc) is 2.83. The molecule has 0 fully saturated rings. The zero-order valence-corrected chi connectivity index (χ0v) is 26.3. The van der Waals surface area contributed by atoms with Crippen molar-refractivity contribution in [1.82, 2.24) is 0 Å². The number of ether oxygens (including phenoxy) is 1. The molecule has 0 saturated carbocycles. The third kappa shape index (κ3) is 12.1. The van der Waals surface area contributed by atoms with E-state index < -0.39 is 5.41 Å². The number of phenolic OH excluding ortho intramolecular Hbond substituents is 1. The van der Waals surface area contributed by atoms with Crippen molar-refractivity contribution >= 4 is 5.97 Å². The molecule has 220 valence electrons. The van der Waals surface area contributed by atoms with E-state index in [2.05, 4.69) is 48.5 Å². The summed E-state index contributed by atoms with van der Waals surface area (Å²) in [6.07, 6.45) is 22.0. The Balaban J connectivity index is 2.31. The number of carbonyl (C=O) groups is 1. The van der Waals surface area contributed by atoms with E-state index >= 15 is 0 Å². The van der Waals surface area contributed by atoms with Crippen LogP contribution in [-0.2, 0) is 16.0 Å². The number of aromatic hydroxyl groups is 1. The molecule has 0 saturated heterocycles. The molecular formula is C35H62O3. The fourth-order valence-corrected chi connectivity index (χ4v) is 6.20. The summed E-state index contributed by atoms with van der Waals surface area (Å²) in [5, 5.41) is 9.71. The fourth-order valence-electron chi connectivity index (χ4n) is 6.20. The molecule has 0 amide bonds. The molecule has 1 aromatic rings. The minimum atomic E-state index is -0.675. The molecule has 0 atom stereocenters. The highest BCUT2D eigenvalue weighted by atomic mass is 16.5. The Morgan fingerprint density at radius 2 is 1.00 bits per heavy atom. The Kier molecular flexibility index (Phi) is 16.3. The van der Waals surface area contributed by atoms with Crippen molar-refractivity contribution in [3.05, 3.63) is 29.8 Å². The first-order chi connectivity index (χ1) is 18.0. The van der Waals surface area contributed by atoms with Gasteiger partial charge in [-0.05, 0) is 41.4 Å². The molecule has 0 heterocycles. The Morgan fingerprint density at radius 3 is 1.37 bits per heavy atom. The highest BCUT2D eigenvalue weighted by molar-refractivity contribution is 5.79. The fraction of sp³-hybridized carbons (Fsp3) is 0.800. The number of carbonyl (C=O) groups excluding carboxylic acids is 1. The van der Waals surface area contributed by atoms with Gasteiger partial charge in [0.1, 0.15) is 5.75 Å². The molecule has 0 aliphatic heterocycles. The van der Waals surface area contributed by atoms with Crippen LogP contribution in [-0.4, -0.2) is 17.7 Å². The lowest BCUT2D eigenvalue weighted by Gasteiger charge is -2.51. The number of unbranched alkanes of at least 4 members (excludes halogenated alkanes) is 15. The predicted octanol–water partition coefficient (Wildman–Crippen LogP) is 10.8. The minimum absolute atomic E-state index is 0.0912. The summed E-state index contributed by atoms with van der Waals surface area (Å²) in [4.78, 5) is 13.7. The van der Waals surface area contributed by atoms with Crippen molar-refractivity contribution in [1.29, 1.82) is 0 Å². The van der Waals surface area contributed by atoms with Crippen LogP contribution < -0.4 is 0 Å². The molecule has 0 bridgehead atoms. The Labute approximate surface area is 236 Å². The standard InChI is InChI=1S/C35H62O3/c1-8-9-10-11-12-13-14-15-16-17-18-19-20-21-22-23-28-38-32(37)35(33(2,3)4,34(5,6)7)29-30-24-26-31(36)27-25-30/h24-27,36H,8-23,28-29H2,1-7H3. The number of hydrogen-bond acceptors (Lipinski definition) is 3. The lowest BCUT2D eigenvalue weighted by atomic mass is 9.52. The molecule has 0 unspecified atom stereocenters. The van der Waals surface area contributed by atoms with Crippen LogP contribution in [0.1, 0.15) is 157 Å². The molecular weight excluding hydrogens is 468 g/mol. The smallest absolute Gasteiger partial charge is 0.313 e. The maximum Gasteiger partial charge on any atom is 0.313 e. The number of rotatable bonds is 20. The van der Waals surface area contributed by atoms with Gasteiger partial charge in [-0.1, -0.05) is 157 Å². The van der Waals surface area contributed by atoms with Crippen molar-refractivity contribution < 1.29 is 14.6 Å². The van der Waals surface area contributed by atoms with Crippen LogP contribution in [0.25, 0.3) is 0 Å². The SMILES string of the molecule is CCCCCCCCCCCCCCCCCCOC(=O)C(Cc1ccc(O)cc1)(C(C)(C)C)C(C)(C)C. The number of hydrogen-bond donors (Lipinski definition) is 1. The molecule has 1 aromatic carbocycles. The van der Waals surface area contributed by atoms with Crippen LogP contribution in [0.4, 0.5) is 0 Å². The third-order valence-corrected chi connectivity index (χ3v) is 8.55. The van der Waals surface area contributed by atoms with Crippen molar-refractivity contribution in [3.63, 3.8) is 0 Å². The van der Waals surface area contributed by atoms with Crippen molar-refractivity contribution in [2.24, 2.45) is 16.2 Å². The van der Waals surface area contributed by atoms with E-state index in [0.29, 0.717) is 13.0 Å². The zero-order chi connectivity index (χ0) is 28.5. The van der Waals surface area contributed by atoms with Crippen LogP contribution in [0.15, 0.2) is 24.3 Å². The normalized spacial score (nSPS) is 12.6. The lowest BCUT2D eigenvalue weighted by Crippen LogP contribution is -2.54. The Hall–Kier alpha value is -1.51. The minimum Gasteiger partial charge on any atom is -0.508 e. The molecule has 38 heavy (non-hydrogen) atoms. The van der Waals surface area contributed by atoms with E-state index in [9.17, 15) is 9.90 Å². The van der Waals surface area contributed by atoms with Crippen molar-refractivity contribution in [3.8, 4) is 5.75 Å². The predicted molar refractivity (Wildman–Crippen MR) is 164 cm³/mol. The second kappa shape index (κ2) is 18.0. The molecule has 0 aliphatic rings. The molecule has 0 aliphatic carbocycles. The number of benzene rings is 1. The summed E-state index contributed by atoms with van der Waals surface area (Å²) in [6, 6.07) is 7.25. The summed E-state index contributed by atoms with van der Waals surface area (Å²) in [5.74, 6) is 0.156. The van der Waals surface area contributed by atoms with E-state index in [-0.39, 0.29) is 22.5 Å². The van der Waals surface area contributed by atoms with Gasteiger partial charge in [0.15, 0.2) is 0 Å². The molecule has 1 rings (SSSR count). The Morgan fingerprint density at radius 1 is 0.632 bits per heavy atom. The molecule has 3 heteroatoms. The van der Waals surface area contributed by atoms with Gasteiger partial charge in [-0.3, -0.25) is 4.79 Å². The summed E-state index contributed by atoms with van der Waals surface area (Å²) < 4.78 is 5.99. The molecule has 3 nitrogen and oxygen atoms in total. The maximum atomic E-state index is 13.7. The number of esters is 1. The van der Waals surface area contributed by atoms with E-state index in [1.165, 1.54) is 89.9 Å². The molecule has 0 radical (unpaired) electrons. The van der Waals surface area contributed by atoms with Crippen LogP contribution in [0.3, 0.4) is 0 Å². The summed E-state index contributed by atoms with van der Waals surface area (Å²) in [6.45, 7) is 15.7. The average molecular weight is 531 g/mol. The van der Waals surface area contributed by atoms with E-state index in [1.54, 1.807) is 12.1 Å². The largest absolute Gasteiger partial charge is 0.508 e. The van der Waals surface area contributed by atoms with Gasteiger partial charge in [-0.2, -0.15) is 0 Å². The first-order valence-corrected chi connectivity index (χ1v) is 15.9. The topological polar surface area (TPSA) is 46.5 Å². The summed E-state index contributed by atoms with van der Waals surface area (Å²) in [5.41, 5.74) is -0.192. The first kappa shape index (κ1) is 34.5. The van der Waals surface area contributed by atoms with Crippen LogP contribution in [0.5, 0.6) is 5.75 Å². The van der Waals surface area contributed by atoms with Gasteiger partial charge < -0.3 is 9.84 Å². The van der Waals surface area contributed by atoms with E-state index in [4.69, 9.17) is 4.74 Å². The van der Waals surface area contributed by atoms with Gasteiger partial charge in [-0.15, -0.1) is 0 Å². The highest BCUT2D eigenvalue weighted by Crippen LogP contribution is 2.54. The highest BCUT2D eigenvalue weighted by Gasteiger charge is 2.57. The monoisotopic (exact) mass is 530 g/mol. The molecule has 0 spiro atoms. The lowest BCUT2D eigenvalue weighted by molar-refractivity contribution is -0.175. The number of phenols is 1. The quantitative estimate of drug-likeness (QED) is 0.135. The van der Waals surface area contributed by atoms with Crippen LogP contribution in [0, 0.1) is 16.2 Å². The second-order valence-electron chi connectivity index (χ2n) is 13.7. The zero-order valence-electron chi connectivity index (χ0n) is 26.3. The van der Waals surface area contributed by atoms with Crippen molar-refractivity contribution in [2.45, 2.75) is 158 Å². The van der Waals surface area contributed by atoms with Gasteiger partial charge >= 0.3 is 5.97 Å². The molecule has 0 aromatic heterocycles. The van der Waals surface area contributed by atoms with Crippen LogP contribution >= 0.6 is 0 Å². The molecule has 1 N–H and O–H groups in total. The summed E-state index contributed by atoms with van der Waals surface area (Å²) in [7, 11) is 0. The van der Waals surface area contributed by atoms with Gasteiger partial charge in [-0.25, -0.2) is 0 Å². The van der Waals surface area contributed by atoms with Crippen LogP contribution in [0.2, 0.25) is 0 Å². The van der Waals surface area contributed by atoms with Gasteiger partial charge in [0.05, 0.1) is 12.0 Å². The van der Waals surface area contributed by atoms with Gasteiger partial charge in [0.25, 0.3) is 0 Å².